The predicted octanol–water partition coefficient (Wildman–Crippen LogP) is 6.93. The first-order chi connectivity index (χ1) is 13.2. The molecular weight excluding hydrogens is 328 g/mol. The summed E-state index contributed by atoms with van der Waals surface area (Å²) in [7, 11) is 2.07. The number of aromatic nitrogens is 1. The highest BCUT2D eigenvalue weighted by Gasteiger charge is 2.16. The molecule has 0 atom stereocenters. The normalized spacial score (nSPS) is 10.7. The van der Waals surface area contributed by atoms with Crippen molar-refractivity contribution in [3.8, 4) is 0 Å². The molecule has 2 heteroatoms. The molecule has 0 bridgehead atoms. The van der Waals surface area contributed by atoms with Gasteiger partial charge in [-0.05, 0) is 48.5 Å². The van der Waals surface area contributed by atoms with Crippen LogP contribution >= 0.6 is 0 Å². The topological polar surface area (TPSA) is 8.17 Å². The molecule has 0 aliphatic heterocycles. The van der Waals surface area contributed by atoms with Gasteiger partial charge in [0.2, 0.25) is 0 Å². The molecule has 1 heterocycles. The zero-order valence-electron chi connectivity index (χ0n) is 15.5. The fourth-order valence-electron chi connectivity index (χ4n) is 3.68. The Morgan fingerprint density at radius 2 is 1.33 bits per heavy atom. The Morgan fingerprint density at radius 3 is 1.85 bits per heavy atom. The number of rotatable bonds is 5. The molecule has 0 amide bonds. The summed E-state index contributed by atoms with van der Waals surface area (Å²) in [5.74, 6) is 0. The summed E-state index contributed by atoms with van der Waals surface area (Å²) >= 11 is 0. The molecule has 0 saturated carbocycles. The molecule has 4 rings (SSSR count). The van der Waals surface area contributed by atoms with Gasteiger partial charge in [-0.25, -0.2) is 0 Å². The second-order valence-electron chi connectivity index (χ2n) is 6.47. The summed E-state index contributed by atoms with van der Waals surface area (Å²) < 4.78 is 2.17. The van der Waals surface area contributed by atoms with E-state index in [9.17, 15) is 0 Å². The average Bonchev–Trinajstić information content (AvgIpc) is 3.00. The molecule has 3 aromatic carbocycles. The highest BCUT2D eigenvalue weighted by Crippen LogP contribution is 2.37. The van der Waals surface area contributed by atoms with Gasteiger partial charge in [-0.2, -0.15) is 0 Å². The summed E-state index contributed by atoms with van der Waals surface area (Å²) in [6.07, 6.45) is 3.81. The molecule has 0 aliphatic rings. The first kappa shape index (κ1) is 16.9. The van der Waals surface area contributed by atoms with Crippen LogP contribution in [0.2, 0.25) is 0 Å². The Labute approximate surface area is 160 Å². The maximum Gasteiger partial charge on any atom is 0.0490 e. The number of hydrogen-bond acceptors (Lipinski definition) is 1. The van der Waals surface area contributed by atoms with Crippen LogP contribution in [0.15, 0.2) is 92.0 Å². The van der Waals surface area contributed by atoms with Crippen LogP contribution in [0.4, 0.5) is 17.1 Å². The lowest BCUT2D eigenvalue weighted by Gasteiger charge is -2.25. The Hall–Kier alpha value is -3.52. The first-order valence-electron chi connectivity index (χ1n) is 9.02. The molecule has 1 aromatic heterocycles. The van der Waals surface area contributed by atoms with Crippen molar-refractivity contribution in [3.05, 3.63) is 103 Å². The Balaban J connectivity index is 1.97. The second kappa shape index (κ2) is 7.00. The van der Waals surface area contributed by atoms with Crippen LogP contribution in [-0.4, -0.2) is 4.57 Å². The van der Waals surface area contributed by atoms with Crippen LogP contribution < -0.4 is 4.90 Å². The van der Waals surface area contributed by atoms with Gasteiger partial charge in [-0.3, -0.25) is 0 Å². The van der Waals surface area contributed by atoms with Crippen molar-refractivity contribution < 1.29 is 0 Å². The van der Waals surface area contributed by atoms with Crippen LogP contribution in [0.3, 0.4) is 0 Å². The lowest BCUT2D eigenvalue weighted by Crippen LogP contribution is -2.09. The summed E-state index contributed by atoms with van der Waals surface area (Å²) in [6.45, 7) is 7.99. The number of hydrogen-bond donors (Lipinski definition) is 0. The van der Waals surface area contributed by atoms with Gasteiger partial charge in [-0.15, -0.1) is 0 Å². The van der Waals surface area contributed by atoms with Crippen molar-refractivity contribution in [2.75, 3.05) is 4.90 Å². The zero-order valence-corrected chi connectivity index (χ0v) is 15.5. The van der Waals surface area contributed by atoms with Crippen molar-refractivity contribution in [1.82, 2.24) is 4.57 Å². The van der Waals surface area contributed by atoms with Crippen molar-refractivity contribution in [2.24, 2.45) is 7.05 Å². The maximum absolute atomic E-state index is 4.02. The van der Waals surface area contributed by atoms with Gasteiger partial charge in [-0.1, -0.05) is 55.6 Å². The third kappa shape index (κ3) is 2.85. The van der Waals surface area contributed by atoms with Crippen molar-refractivity contribution >= 4 is 40.1 Å². The van der Waals surface area contributed by atoms with Crippen LogP contribution in [0.5, 0.6) is 0 Å². The van der Waals surface area contributed by atoms with Crippen molar-refractivity contribution in [2.45, 2.75) is 0 Å². The smallest absolute Gasteiger partial charge is 0.0490 e. The first-order valence-corrected chi connectivity index (χ1v) is 9.02. The van der Waals surface area contributed by atoms with Gasteiger partial charge in [0, 0.05) is 46.3 Å². The maximum atomic E-state index is 4.02. The Kier molecular flexibility index (Phi) is 4.39. The third-order valence-corrected chi connectivity index (χ3v) is 4.95. The standard InChI is InChI=1S/C25H22N2/c1-4-22-23-18-21(16-17-25(23)26(3)24(22)5-2)27(19-12-8-6-9-13-19)20-14-10-7-11-15-20/h4-18H,1-2H2,3H3. The number of nitrogens with zero attached hydrogens (tertiary/aromatic N) is 2. The van der Waals surface area contributed by atoms with Gasteiger partial charge in [0.25, 0.3) is 0 Å². The molecule has 0 unspecified atom stereocenters. The summed E-state index contributed by atoms with van der Waals surface area (Å²) in [5, 5.41) is 1.18. The average molecular weight is 350 g/mol. The lowest BCUT2D eigenvalue weighted by atomic mass is 10.1. The number of fused-ring (bicyclic) bond motifs is 1. The molecule has 2 nitrogen and oxygen atoms in total. The number of anilines is 3. The van der Waals surface area contributed by atoms with Gasteiger partial charge < -0.3 is 9.47 Å². The van der Waals surface area contributed by atoms with E-state index in [0.29, 0.717) is 0 Å². The van der Waals surface area contributed by atoms with Crippen molar-refractivity contribution in [1.29, 1.82) is 0 Å². The van der Waals surface area contributed by atoms with E-state index in [-0.39, 0.29) is 0 Å². The highest BCUT2D eigenvalue weighted by atomic mass is 15.1. The van der Waals surface area contributed by atoms with Gasteiger partial charge >= 0.3 is 0 Å². The van der Waals surface area contributed by atoms with Crippen LogP contribution in [0, 0.1) is 0 Å². The number of para-hydroxylation sites is 2. The minimum absolute atomic E-state index is 1.09. The van der Waals surface area contributed by atoms with E-state index in [1.54, 1.807) is 0 Å². The van der Waals surface area contributed by atoms with E-state index in [2.05, 4.69) is 96.4 Å². The lowest BCUT2D eigenvalue weighted by molar-refractivity contribution is 0.953. The monoisotopic (exact) mass is 350 g/mol. The molecule has 0 aliphatic carbocycles. The van der Waals surface area contributed by atoms with Crippen molar-refractivity contribution in [3.63, 3.8) is 0 Å². The number of benzene rings is 3. The van der Waals surface area contributed by atoms with E-state index in [1.165, 1.54) is 10.9 Å². The largest absolute Gasteiger partial charge is 0.344 e. The number of aryl methyl sites for hydroxylation is 1. The fourth-order valence-corrected chi connectivity index (χ4v) is 3.68. The molecule has 132 valence electrons. The quantitative estimate of drug-likeness (QED) is 0.379. The van der Waals surface area contributed by atoms with Crippen LogP contribution in [0.25, 0.3) is 23.1 Å². The Morgan fingerprint density at radius 1 is 0.741 bits per heavy atom. The molecule has 0 spiro atoms. The zero-order chi connectivity index (χ0) is 18.8. The molecule has 0 saturated heterocycles. The van der Waals surface area contributed by atoms with E-state index < -0.39 is 0 Å². The Bertz CT molecular complexity index is 1070. The fraction of sp³-hybridized carbons (Fsp3) is 0.0400. The van der Waals surface area contributed by atoms with Gasteiger partial charge in [0.05, 0.1) is 0 Å². The van der Waals surface area contributed by atoms with Gasteiger partial charge in [0.1, 0.15) is 0 Å². The summed E-state index contributed by atoms with van der Waals surface area (Å²) in [6, 6.07) is 27.4. The van der Waals surface area contributed by atoms with E-state index in [4.69, 9.17) is 0 Å². The highest BCUT2D eigenvalue weighted by molar-refractivity contribution is 5.97. The molecule has 4 aromatic rings. The van der Waals surface area contributed by atoms with Gasteiger partial charge in [0.15, 0.2) is 0 Å². The van der Waals surface area contributed by atoms with Crippen LogP contribution in [-0.2, 0) is 7.05 Å². The molecule has 0 N–H and O–H groups in total. The summed E-state index contributed by atoms with van der Waals surface area (Å²) in [5.41, 5.74) is 6.74. The van der Waals surface area contributed by atoms with E-state index in [0.717, 1.165) is 28.3 Å². The predicted molar refractivity (Wildman–Crippen MR) is 118 cm³/mol. The third-order valence-electron chi connectivity index (χ3n) is 4.95. The molecular formula is C25H22N2. The van der Waals surface area contributed by atoms with E-state index in [1.807, 2.05) is 24.3 Å². The molecule has 0 radical (unpaired) electrons. The molecule has 0 fully saturated rings. The molecule has 27 heavy (non-hydrogen) atoms. The second-order valence-corrected chi connectivity index (χ2v) is 6.47. The van der Waals surface area contributed by atoms with Crippen LogP contribution in [0.1, 0.15) is 11.3 Å². The SMILES string of the molecule is C=Cc1c(C=C)n(C)c2ccc(N(c3ccccc3)c3ccccc3)cc12. The van der Waals surface area contributed by atoms with E-state index >= 15 is 0 Å². The summed E-state index contributed by atoms with van der Waals surface area (Å²) in [4.78, 5) is 2.27. The minimum atomic E-state index is 1.09. The minimum Gasteiger partial charge on any atom is -0.344 e.